The Labute approximate surface area is 148 Å². The number of hydrogen-bond donors (Lipinski definition) is 0. The first-order valence-corrected chi connectivity index (χ1v) is 8.89. The van der Waals surface area contributed by atoms with E-state index in [1.54, 1.807) is 41.8 Å². The molecule has 0 N–H and O–H groups in total. The van der Waals surface area contributed by atoms with Crippen molar-refractivity contribution in [3.05, 3.63) is 60.9 Å². The Bertz CT molecular complexity index is 1020. The molecule has 0 atom stereocenters. The highest BCUT2D eigenvalue weighted by Crippen LogP contribution is 2.38. The van der Waals surface area contributed by atoms with Crippen LogP contribution in [0.2, 0.25) is 0 Å². The topological polar surface area (TPSA) is 39.9 Å². The van der Waals surface area contributed by atoms with E-state index in [0.717, 1.165) is 33.8 Å². The van der Waals surface area contributed by atoms with Gasteiger partial charge in [-0.15, -0.1) is 11.3 Å². The zero-order valence-electron chi connectivity index (χ0n) is 13.6. The number of hydrogen-bond acceptors (Lipinski definition) is 4. The number of nitrogens with zero attached hydrogens (tertiary/aromatic N) is 3. The fraction of sp³-hybridized carbons (Fsp3) is 0.158. The summed E-state index contributed by atoms with van der Waals surface area (Å²) in [4.78, 5) is 9.89. The van der Waals surface area contributed by atoms with Gasteiger partial charge in [0.2, 0.25) is 0 Å². The largest absolute Gasteiger partial charge is 0.453 e. The van der Waals surface area contributed by atoms with E-state index in [1.165, 1.54) is 6.07 Å². The number of halogens is 1. The molecule has 6 heteroatoms. The fourth-order valence-corrected chi connectivity index (χ4v) is 3.66. The molecule has 3 aromatic heterocycles. The average molecular weight is 353 g/mol. The summed E-state index contributed by atoms with van der Waals surface area (Å²) in [6.07, 6.45) is 6.61. The van der Waals surface area contributed by atoms with Crippen LogP contribution in [0.1, 0.15) is 13.3 Å². The van der Waals surface area contributed by atoms with Gasteiger partial charge in [-0.1, -0.05) is 19.1 Å². The van der Waals surface area contributed by atoms with Gasteiger partial charge in [-0.05, 0) is 24.6 Å². The summed E-state index contributed by atoms with van der Waals surface area (Å²) < 4.78 is 22.6. The van der Waals surface area contributed by atoms with Crippen LogP contribution in [-0.2, 0) is 6.54 Å². The Hall–Kier alpha value is -2.73. The monoisotopic (exact) mass is 353 g/mol. The Morgan fingerprint density at radius 2 is 2.04 bits per heavy atom. The van der Waals surface area contributed by atoms with Crippen molar-refractivity contribution in [3.8, 4) is 22.1 Å². The summed E-state index contributed by atoms with van der Waals surface area (Å²) in [6.45, 7) is 3.08. The Morgan fingerprint density at radius 1 is 1.16 bits per heavy atom. The van der Waals surface area contributed by atoms with Crippen molar-refractivity contribution in [2.24, 2.45) is 0 Å². The first kappa shape index (κ1) is 15.8. The predicted molar refractivity (Wildman–Crippen MR) is 97.6 cm³/mol. The third-order valence-corrected chi connectivity index (χ3v) is 4.96. The number of ether oxygens (including phenoxy) is 1. The smallest absolute Gasteiger partial charge is 0.165 e. The molecule has 3 heterocycles. The van der Waals surface area contributed by atoms with Crippen LogP contribution in [0.5, 0.6) is 11.5 Å². The lowest BCUT2D eigenvalue weighted by Gasteiger charge is -2.06. The Balaban J connectivity index is 1.72. The summed E-state index contributed by atoms with van der Waals surface area (Å²) >= 11 is 1.55. The molecule has 126 valence electrons. The number of aromatic nitrogens is 3. The SMILES string of the molecule is CCCn1cnc(-c2cc3nccc(Oc4ccccc4F)c3s2)c1. The number of aryl methyl sites for hydroxylation is 1. The normalized spacial score (nSPS) is 11.1. The van der Waals surface area contributed by atoms with Gasteiger partial charge in [-0.2, -0.15) is 0 Å². The van der Waals surface area contributed by atoms with E-state index in [0.29, 0.717) is 5.75 Å². The zero-order valence-corrected chi connectivity index (χ0v) is 14.5. The highest BCUT2D eigenvalue weighted by Gasteiger charge is 2.13. The molecule has 0 saturated carbocycles. The second-order valence-corrected chi connectivity index (χ2v) is 6.72. The minimum absolute atomic E-state index is 0.206. The van der Waals surface area contributed by atoms with Gasteiger partial charge in [-0.3, -0.25) is 4.98 Å². The van der Waals surface area contributed by atoms with E-state index in [4.69, 9.17) is 4.74 Å². The second-order valence-electron chi connectivity index (χ2n) is 5.66. The summed E-state index contributed by atoms with van der Waals surface area (Å²) in [5.41, 5.74) is 1.73. The molecular formula is C19H16FN3OS. The lowest BCUT2D eigenvalue weighted by Crippen LogP contribution is -1.90. The molecule has 0 fully saturated rings. The van der Waals surface area contributed by atoms with Gasteiger partial charge >= 0.3 is 0 Å². The first-order valence-electron chi connectivity index (χ1n) is 8.07. The van der Waals surface area contributed by atoms with Crippen LogP contribution in [0.4, 0.5) is 4.39 Å². The van der Waals surface area contributed by atoms with Gasteiger partial charge in [0, 0.05) is 25.0 Å². The lowest BCUT2D eigenvalue weighted by molar-refractivity contribution is 0.447. The van der Waals surface area contributed by atoms with E-state index in [2.05, 4.69) is 21.5 Å². The zero-order chi connectivity index (χ0) is 17.2. The third-order valence-electron chi connectivity index (χ3n) is 3.80. The van der Waals surface area contributed by atoms with E-state index in [9.17, 15) is 4.39 Å². The maximum atomic E-state index is 13.9. The molecular weight excluding hydrogens is 337 g/mol. The molecule has 0 radical (unpaired) electrons. The quantitative estimate of drug-likeness (QED) is 0.475. The van der Waals surface area contributed by atoms with Crippen LogP contribution in [0.25, 0.3) is 20.8 Å². The third kappa shape index (κ3) is 3.13. The number of fused-ring (bicyclic) bond motifs is 1. The highest BCUT2D eigenvalue weighted by atomic mass is 32.1. The van der Waals surface area contributed by atoms with Gasteiger partial charge in [0.1, 0.15) is 5.75 Å². The summed E-state index contributed by atoms with van der Waals surface area (Å²) in [6, 6.07) is 10.1. The van der Waals surface area contributed by atoms with Crippen molar-refractivity contribution in [3.63, 3.8) is 0 Å². The molecule has 0 aliphatic rings. The van der Waals surface area contributed by atoms with E-state index < -0.39 is 0 Å². The van der Waals surface area contributed by atoms with Gasteiger partial charge in [0.25, 0.3) is 0 Å². The predicted octanol–water partition coefficient (Wildman–Crippen LogP) is 5.50. The lowest BCUT2D eigenvalue weighted by atomic mass is 10.3. The van der Waals surface area contributed by atoms with E-state index in [1.807, 2.05) is 18.6 Å². The summed E-state index contributed by atoms with van der Waals surface area (Å²) in [5, 5.41) is 0. The van der Waals surface area contributed by atoms with Crippen molar-refractivity contribution in [1.82, 2.24) is 14.5 Å². The number of rotatable bonds is 5. The van der Waals surface area contributed by atoms with Crippen molar-refractivity contribution in [2.45, 2.75) is 19.9 Å². The summed E-state index contributed by atoms with van der Waals surface area (Å²) in [5.74, 6) is 0.416. The summed E-state index contributed by atoms with van der Waals surface area (Å²) in [7, 11) is 0. The van der Waals surface area contributed by atoms with Crippen LogP contribution in [0.15, 0.2) is 55.1 Å². The minimum atomic E-state index is -0.387. The number of para-hydroxylation sites is 1. The highest BCUT2D eigenvalue weighted by molar-refractivity contribution is 7.22. The molecule has 1 aromatic carbocycles. The molecule has 0 amide bonds. The van der Waals surface area contributed by atoms with E-state index >= 15 is 0 Å². The first-order chi connectivity index (χ1) is 12.2. The van der Waals surface area contributed by atoms with Crippen molar-refractivity contribution in [1.29, 1.82) is 0 Å². The van der Waals surface area contributed by atoms with Crippen LogP contribution >= 0.6 is 11.3 Å². The molecule has 0 bridgehead atoms. The average Bonchev–Trinajstić information content (AvgIpc) is 3.24. The molecule has 4 nitrogen and oxygen atoms in total. The van der Waals surface area contributed by atoms with Crippen LogP contribution < -0.4 is 4.74 Å². The molecule has 0 spiro atoms. The van der Waals surface area contributed by atoms with Crippen molar-refractivity contribution >= 4 is 21.6 Å². The Morgan fingerprint density at radius 3 is 2.88 bits per heavy atom. The van der Waals surface area contributed by atoms with Gasteiger partial charge < -0.3 is 9.30 Å². The number of thiophene rings is 1. The molecule has 25 heavy (non-hydrogen) atoms. The standard InChI is InChI=1S/C19H16FN3OS/c1-2-9-23-11-15(22-12-23)18-10-14-19(25-18)17(7-8-21-14)24-16-6-4-3-5-13(16)20/h3-8,10-12H,2,9H2,1H3. The molecule has 4 aromatic rings. The maximum absolute atomic E-state index is 13.9. The second kappa shape index (κ2) is 6.64. The van der Waals surface area contributed by atoms with E-state index in [-0.39, 0.29) is 11.6 Å². The molecule has 0 unspecified atom stereocenters. The van der Waals surface area contributed by atoms with Crippen LogP contribution in [0, 0.1) is 5.82 Å². The van der Waals surface area contributed by atoms with Crippen LogP contribution in [0.3, 0.4) is 0 Å². The van der Waals surface area contributed by atoms with Crippen molar-refractivity contribution in [2.75, 3.05) is 0 Å². The molecule has 4 rings (SSSR count). The molecule has 0 saturated heterocycles. The number of imidazole rings is 1. The van der Waals surface area contributed by atoms with Gasteiger partial charge in [0.05, 0.1) is 27.1 Å². The number of benzene rings is 1. The van der Waals surface area contributed by atoms with Crippen molar-refractivity contribution < 1.29 is 9.13 Å². The minimum Gasteiger partial charge on any atom is -0.453 e. The molecule has 0 aliphatic heterocycles. The fourth-order valence-electron chi connectivity index (χ4n) is 2.64. The maximum Gasteiger partial charge on any atom is 0.165 e. The molecule has 0 aliphatic carbocycles. The van der Waals surface area contributed by atoms with Gasteiger partial charge in [0.15, 0.2) is 11.6 Å². The Kier molecular flexibility index (Phi) is 4.19. The van der Waals surface area contributed by atoms with Gasteiger partial charge in [-0.25, -0.2) is 9.37 Å². The van der Waals surface area contributed by atoms with Crippen LogP contribution in [-0.4, -0.2) is 14.5 Å². The number of pyridine rings is 1.